The third kappa shape index (κ3) is 3.36. The van der Waals surface area contributed by atoms with Crippen LogP contribution in [0.15, 0.2) is 29.3 Å². The molecule has 2 heterocycles. The van der Waals surface area contributed by atoms with Crippen LogP contribution in [0, 0.1) is 13.8 Å². The molecule has 0 spiro atoms. The average molecular weight is 311 g/mol. The highest BCUT2D eigenvalue weighted by Gasteiger charge is 2.20. The number of pyridine rings is 1. The van der Waals surface area contributed by atoms with Crippen LogP contribution in [0.4, 0.5) is 5.69 Å². The summed E-state index contributed by atoms with van der Waals surface area (Å²) < 4.78 is 27.3. The zero-order chi connectivity index (χ0) is 14.8. The molecule has 2 aromatic rings. The number of anilines is 1. The molecule has 5 nitrogen and oxygen atoms in total. The zero-order valence-corrected chi connectivity index (χ0v) is 13.2. The maximum absolute atomic E-state index is 12.4. The maximum Gasteiger partial charge on any atom is 0.263 e. The molecular weight excluding hydrogens is 294 g/mol. The lowest BCUT2D eigenvalue weighted by Gasteiger charge is -2.07. The Morgan fingerprint density at radius 3 is 2.65 bits per heavy atom. The first-order valence-electron chi connectivity index (χ1n) is 6.12. The van der Waals surface area contributed by atoms with E-state index in [2.05, 4.69) is 15.0 Å². The molecule has 20 heavy (non-hydrogen) atoms. The SMILES string of the molecule is CNCc1cc(S(=O)(=O)Nc2ccc(C)nc2)c(C)s1. The lowest BCUT2D eigenvalue weighted by molar-refractivity contribution is 0.601. The van der Waals surface area contributed by atoms with E-state index in [0.29, 0.717) is 17.1 Å². The normalized spacial score (nSPS) is 11.6. The summed E-state index contributed by atoms with van der Waals surface area (Å²) in [5.74, 6) is 0. The summed E-state index contributed by atoms with van der Waals surface area (Å²) in [7, 11) is -1.73. The molecule has 0 unspecified atom stereocenters. The number of rotatable bonds is 5. The van der Waals surface area contributed by atoms with E-state index in [-0.39, 0.29) is 0 Å². The summed E-state index contributed by atoms with van der Waals surface area (Å²) in [5, 5.41) is 3.02. The minimum absolute atomic E-state index is 0.327. The van der Waals surface area contributed by atoms with Crippen molar-refractivity contribution < 1.29 is 8.42 Å². The molecule has 0 saturated heterocycles. The number of aryl methyl sites for hydroxylation is 2. The van der Waals surface area contributed by atoms with Gasteiger partial charge in [0.2, 0.25) is 0 Å². The van der Waals surface area contributed by atoms with E-state index >= 15 is 0 Å². The Morgan fingerprint density at radius 2 is 2.05 bits per heavy atom. The van der Waals surface area contributed by atoms with Crippen molar-refractivity contribution in [2.24, 2.45) is 0 Å². The van der Waals surface area contributed by atoms with Gasteiger partial charge in [-0.1, -0.05) is 0 Å². The molecule has 2 rings (SSSR count). The van der Waals surface area contributed by atoms with Gasteiger partial charge in [0.05, 0.1) is 11.9 Å². The second-order valence-electron chi connectivity index (χ2n) is 4.46. The molecule has 0 amide bonds. The predicted octanol–water partition coefficient (Wildman–Crippen LogP) is 2.28. The smallest absolute Gasteiger partial charge is 0.263 e. The number of aromatic nitrogens is 1. The summed E-state index contributed by atoms with van der Waals surface area (Å²) in [4.78, 5) is 6.18. The Balaban J connectivity index is 2.28. The lowest BCUT2D eigenvalue weighted by Crippen LogP contribution is -2.13. The molecule has 0 fully saturated rings. The molecule has 0 aliphatic carbocycles. The fraction of sp³-hybridized carbons (Fsp3) is 0.308. The van der Waals surface area contributed by atoms with E-state index in [1.807, 2.05) is 20.9 Å². The van der Waals surface area contributed by atoms with Crippen LogP contribution in [0.3, 0.4) is 0 Å². The summed E-state index contributed by atoms with van der Waals surface area (Å²) in [6.07, 6.45) is 1.52. The number of sulfonamides is 1. The van der Waals surface area contributed by atoms with E-state index in [1.54, 1.807) is 18.2 Å². The molecule has 2 aromatic heterocycles. The Morgan fingerprint density at radius 1 is 1.30 bits per heavy atom. The Kier molecular flexibility index (Phi) is 4.42. The maximum atomic E-state index is 12.4. The lowest BCUT2D eigenvalue weighted by atomic mass is 10.4. The van der Waals surface area contributed by atoms with Gasteiger partial charge < -0.3 is 5.32 Å². The minimum Gasteiger partial charge on any atom is -0.315 e. The molecule has 108 valence electrons. The fourth-order valence-corrected chi connectivity index (χ4v) is 4.48. The van der Waals surface area contributed by atoms with E-state index < -0.39 is 10.0 Å². The second-order valence-corrected chi connectivity index (χ2v) is 7.45. The molecule has 0 aliphatic heterocycles. The van der Waals surface area contributed by atoms with Crippen molar-refractivity contribution in [3.8, 4) is 0 Å². The van der Waals surface area contributed by atoms with Crippen LogP contribution in [0.1, 0.15) is 15.4 Å². The van der Waals surface area contributed by atoms with E-state index in [0.717, 1.165) is 15.4 Å². The van der Waals surface area contributed by atoms with Crippen LogP contribution in [-0.2, 0) is 16.6 Å². The highest BCUT2D eigenvalue weighted by molar-refractivity contribution is 7.93. The fourth-order valence-electron chi connectivity index (χ4n) is 1.79. The zero-order valence-electron chi connectivity index (χ0n) is 11.6. The van der Waals surface area contributed by atoms with Gasteiger partial charge in [-0.15, -0.1) is 11.3 Å². The van der Waals surface area contributed by atoms with Crippen molar-refractivity contribution in [1.29, 1.82) is 0 Å². The summed E-state index contributed by atoms with van der Waals surface area (Å²) in [6.45, 7) is 4.32. The highest BCUT2D eigenvalue weighted by Crippen LogP contribution is 2.27. The Bertz CT molecular complexity index is 691. The molecule has 7 heteroatoms. The van der Waals surface area contributed by atoms with Gasteiger partial charge >= 0.3 is 0 Å². The summed E-state index contributed by atoms with van der Waals surface area (Å²) >= 11 is 1.48. The van der Waals surface area contributed by atoms with E-state index in [9.17, 15) is 8.42 Å². The van der Waals surface area contributed by atoms with Crippen LogP contribution in [0.5, 0.6) is 0 Å². The van der Waals surface area contributed by atoms with Crippen LogP contribution < -0.4 is 10.0 Å². The van der Waals surface area contributed by atoms with Crippen molar-refractivity contribution in [1.82, 2.24) is 10.3 Å². The van der Waals surface area contributed by atoms with Gasteiger partial charge in [0.1, 0.15) is 4.90 Å². The van der Waals surface area contributed by atoms with Gasteiger partial charge in [-0.3, -0.25) is 9.71 Å². The van der Waals surface area contributed by atoms with Crippen molar-refractivity contribution in [3.05, 3.63) is 39.8 Å². The van der Waals surface area contributed by atoms with Gasteiger partial charge in [-0.05, 0) is 39.1 Å². The molecule has 0 atom stereocenters. The third-order valence-corrected chi connectivity index (χ3v) is 5.41. The Labute approximate surface area is 123 Å². The third-order valence-electron chi connectivity index (χ3n) is 2.73. The topological polar surface area (TPSA) is 71.1 Å². The molecular formula is C13H17N3O2S2. The molecule has 0 saturated carbocycles. The number of nitrogens with zero attached hydrogens (tertiary/aromatic N) is 1. The van der Waals surface area contributed by atoms with E-state index in [4.69, 9.17) is 0 Å². The largest absolute Gasteiger partial charge is 0.315 e. The van der Waals surface area contributed by atoms with Crippen LogP contribution in [-0.4, -0.2) is 20.4 Å². The van der Waals surface area contributed by atoms with Crippen LogP contribution in [0.25, 0.3) is 0 Å². The quantitative estimate of drug-likeness (QED) is 0.888. The van der Waals surface area contributed by atoms with Crippen LogP contribution >= 0.6 is 11.3 Å². The number of nitrogens with one attached hydrogen (secondary N) is 2. The summed E-state index contributed by atoms with van der Waals surface area (Å²) in [6, 6.07) is 5.18. The summed E-state index contributed by atoms with van der Waals surface area (Å²) in [5.41, 5.74) is 1.31. The van der Waals surface area contributed by atoms with Crippen molar-refractivity contribution in [3.63, 3.8) is 0 Å². The number of thiophene rings is 1. The van der Waals surface area contributed by atoms with Crippen LogP contribution in [0.2, 0.25) is 0 Å². The number of hydrogen-bond acceptors (Lipinski definition) is 5. The van der Waals surface area contributed by atoms with Crippen molar-refractivity contribution >= 4 is 27.0 Å². The van der Waals surface area contributed by atoms with Gasteiger partial charge in [-0.2, -0.15) is 0 Å². The van der Waals surface area contributed by atoms with Gasteiger partial charge in [0.25, 0.3) is 10.0 Å². The first-order chi connectivity index (χ1) is 9.42. The first-order valence-corrected chi connectivity index (χ1v) is 8.42. The van der Waals surface area contributed by atoms with Gasteiger partial charge in [-0.25, -0.2) is 8.42 Å². The first kappa shape index (κ1) is 15.0. The average Bonchev–Trinajstić information content (AvgIpc) is 2.74. The Hall–Kier alpha value is -1.44. The van der Waals surface area contributed by atoms with Gasteiger partial charge in [0, 0.05) is 22.0 Å². The van der Waals surface area contributed by atoms with Crippen molar-refractivity contribution in [2.75, 3.05) is 11.8 Å². The van der Waals surface area contributed by atoms with Gasteiger partial charge in [0.15, 0.2) is 0 Å². The molecule has 2 N–H and O–H groups in total. The highest BCUT2D eigenvalue weighted by atomic mass is 32.2. The molecule has 0 aliphatic rings. The second kappa shape index (κ2) is 5.90. The number of hydrogen-bond donors (Lipinski definition) is 2. The predicted molar refractivity (Wildman–Crippen MR) is 81.6 cm³/mol. The van der Waals surface area contributed by atoms with Crippen molar-refractivity contribution in [2.45, 2.75) is 25.3 Å². The molecule has 0 radical (unpaired) electrons. The van der Waals surface area contributed by atoms with E-state index in [1.165, 1.54) is 17.5 Å². The monoisotopic (exact) mass is 311 g/mol. The standard InChI is InChI=1S/C13H17N3O2S2/c1-9-4-5-11(7-15-9)16-20(17,18)13-6-12(8-14-3)19-10(13)2/h4-7,14,16H,8H2,1-3H3. The molecule has 0 bridgehead atoms. The molecule has 0 aromatic carbocycles. The minimum atomic E-state index is -3.56.